The summed E-state index contributed by atoms with van der Waals surface area (Å²) < 4.78 is 24.0. The molecule has 0 fully saturated rings. The molecule has 0 atom stereocenters. The van der Waals surface area contributed by atoms with Crippen LogP contribution in [0.15, 0.2) is 84.9 Å². The minimum Gasteiger partial charge on any atom is -0.410 e. The predicted octanol–water partition coefficient (Wildman–Crippen LogP) is 6.06. The van der Waals surface area contributed by atoms with Gasteiger partial charge in [-0.2, -0.15) is 9.29 Å². The minimum absolute atomic E-state index is 0.0872. The number of para-hydroxylation sites is 2. The van der Waals surface area contributed by atoms with Crippen LogP contribution in [-0.2, 0) is 0 Å². The average Bonchev–Trinajstić information content (AvgIpc) is 3.26. The van der Waals surface area contributed by atoms with Gasteiger partial charge in [-0.3, -0.25) is 10.1 Å². The number of rotatable bonds is 5. The summed E-state index contributed by atoms with van der Waals surface area (Å²) in [7, 11) is 0. The Kier molecular flexibility index (Phi) is 6.55. The van der Waals surface area contributed by atoms with E-state index in [9.17, 15) is 24.1 Å². The summed E-state index contributed by atoms with van der Waals surface area (Å²) in [6.45, 7) is 0. The van der Waals surface area contributed by atoms with Crippen molar-refractivity contribution in [2.45, 2.75) is 0 Å². The van der Waals surface area contributed by atoms with Crippen molar-refractivity contribution < 1.29 is 28.4 Å². The van der Waals surface area contributed by atoms with E-state index in [0.717, 1.165) is 17.4 Å². The molecule has 4 aromatic rings. The number of anilines is 1. The monoisotopic (exact) mass is 479 g/mol. The number of hydrogen-bond donors (Lipinski definition) is 0. The second kappa shape index (κ2) is 9.88. The van der Waals surface area contributed by atoms with Gasteiger partial charge in [0.2, 0.25) is 5.82 Å². The lowest BCUT2D eigenvalue weighted by Gasteiger charge is -2.19. The van der Waals surface area contributed by atoms with Crippen molar-refractivity contribution in [2.75, 3.05) is 4.90 Å². The zero-order valence-corrected chi connectivity index (χ0v) is 18.0. The lowest BCUT2D eigenvalue weighted by atomic mass is 10.2. The first-order valence-corrected chi connectivity index (χ1v) is 10.5. The standard InChI is InChI=1S/C23H14FN3O6S/c24-20-14-13-19(34-20)17-11-12-18(27(30)31)21(25-17)26(22(28)32-15-7-3-1-4-8-15)23(29)33-16-9-5-2-6-10-16/h1-14H. The van der Waals surface area contributed by atoms with E-state index >= 15 is 0 Å². The summed E-state index contributed by atoms with van der Waals surface area (Å²) in [6, 6.07) is 20.6. The fraction of sp³-hybridized carbons (Fsp3) is 0. The number of imide groups is 1. The van der Waals surface area contributed by atoms with Crippen molar-refractivity contribution in [3.05, 3.63) is 100 Å². The van der Waals surface area contributed by atoms with Crippen LogP contribution in [0.25, 0.3) is 10.6 Å². The van der Waals surface area contributed by atoms with Crippen molar-refractivity contribution in [3.63, 3.8) is 0 Å². The molecule has 4 rings (SSSR count). The van der Waals surface area contributed by atoms with E-state index in [4.69, 9.17) is 9.47 Å². The minimum atomic E-state index is -1.28. The van der Waals surface area contributed by atoms with Gasteiger partial charge in [-0.1, -0.05) is 36.4 Å². The summed E-state index contributed by atoms with van der Waals surface area (Å²) in [5.74, 6) is -0.466. The Bertz CT molecular complexity index is 1290. The summed E-state index contributed by atoms with van der Waals surface area (Å²) in [5, 5.41) is 11.2. The second-order valence-corrected chi connectivity index (χ2v) is 7.63. The van der Waals surface area contributed by atoms with Crippen LogP contribution in [0.1, 0.15) is 0 Å². The molecular weight excluding hydrogens is 465 g/mol. The molecule has 0 radical (unpaired) electrons. The average molecular weight is 479 g/mol. The fourth-order valence-electron chi connectivity index (χ4n) is 2.85. The van der Waals surface area contributed by atoms with Crippen LogP contribution in [-0.4, -0.2) is 22.1 Å². The number of carbonyl (C=O) groups is 2. The zero-order valence-electron chi connectivity index (χ0n) is 17.2. The highest BCUT2D eigenvalue weighted by Gasteiger charge is 2.35. The topological polar surface area (TPSA) is 112 Å². The van der Waals surface area contributed by atoms with Crippen LogP contribution in [0.4, 0.5) is 25.5 Å². The van der Waals surface area contributed by atoms with Crippen LogP contribution in [0.2, 0.25) is 0 Å². The van der Waals surface area contributed by atoms with Crippen molar-refractivity contribution in [1.29, 1.82) is 0 Å². The van der Waals surface area contributed by atoms with Gasteiger partial charge < -0.3 is 9.47 Å². The number of aromatic nitrogens is 1. The summed E-state index contributed by atoms with van der Waals surface area (Å²) in [5.41, 5.74) is -0.546. The van der Waals surface area contributed by atoms with Gasteiger partial charge in [0, 0.05) is 6.07 Å². The molecule has 0 saturated heterocycles. The quantitative estimate of drug-likeness (QED) is 0.252. The molecule has 34 heavy (non-hydrogen) atoms. The molecule has 2 amide bonds. The number of pyridine rings is 1. The van der Waals surface area contributed by atoms with Crippen LogP contribution >= 0.6 is 11.3 Å². The van der Waals surface area contributed by atoms with Crippen molar-refractivity contribution in [3.8, 4) is 22.1 Å². The summed E-state index contributed by atoms with van der Waals surface area (Å²) >= 11 is 0.748. The molecule has 11 heteroatoms. The molecule has 0 aliphatic heterocycles. The molecule has 0 spiro atoms. The van der Waals surface area contributed by atoms with Crippen LogP contribution in [0.5, 0.6) is 11.5 Å². The van der Waals surface area contributed by atoms with Gasteiger partial charge in [0.15, 0.2) is 5.13 Å². The van der Waals surface area contributed by atoms with Gasteiger partial charge in [-0.15, -0.1) is 11.3 Å². The smallest absolute Gasteiger partial charge is 0.410 e. The Morgan fingerprint density at radius 3 is 1.88 bits per heavy atom. The predicted molar refractivity (Wildman–Crippen MR) is 122 cm³/mol. The number of ether oxygens (including phenoxy) is 2. The summed E-state index contributed by atoms with van der Waals surface area (Å²) in [6.07, 6.45) is -2.56. The zero-order chi connectivity index (χ0) is 24.1. The van der Waals surface area contributed by atoms with E-state index in [1.54, 1.807) is 36.4 Å². The number of amides is 2. The maximum atomic E-state index is 13.5. The van der Waals surface area contributed by atoms with Gasteiger partial charge >= 0.3 is 17.9 Å². The normalized spacial score (nSPS) is 10.4. The highest BCUT2D eigenvalue weighted by atomic mass is 32.1. The number of nitro groups is 1. The van der Waals surface area contributed by atoms with Gasteiger partial charge in [-0.05, 0) is 42.5 Å². The molecule has 2 aromatic carbocycles. The fourth-order valence-corrected chi connectivity index (χ4v) is 3.56. The highest BCUT2D eigenvalue weighted by Crippen LogP contribution is 2.33. The Hall–Kier alpha value is -4.64. The molecule has 0 unspecified atom stereocenters. The van der Waals surface area contributed by atoms with E-state index in [1.165, 1.54) is 42.5 Å². The SMILES string of the molecule is O=C(Oc1ccccc1)N(C(=O)Oc1ccccc1)c1nc(-c2ccc(F)s2)ccc1[N+](=O)[O-]. The maximum Gasteiger partial charge on any atom is 0.430 e. The Morgan fingerprint density at radius 1 is 0.853 bits per heavy atom. The first kappa shape index (κ1) is 22.6. The van der Waals surface area contributed by atoms with E-state index in [-0.39, 0.29) is 17.2 Å². The number of hydrogen-bond acceptors (Lipinski definition) is 8. The lowest BCUT2D eigenvalue weighted by molar-refractivity contribution is -0.384. The number of nitrogens with zero attached hydrogens (tertiary/aromatic N) is 3. The first-order chi connectivity index (χ1) is 16.4. The Morgan fingerprint density at radius 2 is 1.41 bits per heavy atom. The van der Waals surface area contributed by atoms with Gasteiger partial charge in [0.25, 0.3) is 0 Å². The molecule has 0 saturated carbocycles. The number of benzene rings is 2. The van der Waals surface area contributed by atoms with Gasteiger partial charge in [-0.25, -0.2) is 14.6 Å². The number of carbonyl (C=O) groups excluding carboxylic acids is 2. The maximum absolute atomic E-state index is 13.5. The van der Waals surface area contributed by atoms with Gasteiger partial charge in [0.05, 0.1) is 15.5 Å². The third kappa shape index (κ3) is 5.05. The van der Waals surface area contributed by atoms with Crippen LogP contribution in [0.3, 0.4) is 0 Å². The number of halogens is 1. The van der Waals surface area contributed by atoms with Crippen LogP contribution < -0.4 is 14.4 Å². The molecule has 0 bridgehead atoms. The molecule has 2 aromatic heterocycles. The third-order valence-corrected chi connectivity index (χ3v) is 5.25. The lowest BCUT2D eigenvalue weighted by Crippen LogP contribution is -2.42. The first-order valence-electron chi connectivity index (χ1n) is 9.67. The molecular formula is C23H14FN3O6S. The van der Waals surface area contributed by atoms with E-state index in [0.29, 0.717) is 9.78 Å². The van der Waals surface area contributed by atoms with E-state index in [2.05, 4.69) is 4.98 Å². The van der Waals surface area contributed by atoms with E-state index in [1.807, 2.05) is 0 Å². The molecule has 0 aliphatic rings. The molecule has 2 heterocycles. The van der Waals surface area contributed by atoms with Crippen LogP contribution in [0, 0.1) is 15.2 Å². The molecule has 0 aliphatic carbocycles. The summed E-state index contributed by atoms with van der Waals surface area (Å²) in [4.78, 5) is 41.8. The van der Waals surface area contributed by atoms with Crippen molar-refractivity contribution in [1.82, 2.24) is 4.98 Å². The van der Waals surface area contributed by atoms with Crippen molar-refractivity contribution in [2.24, 2.45) is 0 Å². The van der Waals surface area contributed by atoms with Gasteiger partial charge in [0.1, 0.15) is 11.5 Å². The number of thiophene rings is 1. The Balaban J connectivity index is 1.80. The largest absolute Gasteiger partial charge is 0.430 e. The van der Waals surface area contributed by atoms with E-state index < -0.39 is 33.7 Å². The second-order valence-electron chi connectivity index (χ2n) is 6.60. The highest BCUT2D eigenvalue weighted by molar-refractivity contribution is 7.13. The van der Waals surface area contributed by atoms with Crippen molar-refractivity contribution >= 4 is 35.0 Å². The molecule has 0 N–H and O–H groups in total. The molecule has 9 nitrogen and oxygen atoms in total. The third-order valence-electron chi connectivity index (χ3n) is 4.35. The Labute approximate surface area is 195 Å². The molecule has 170 valence electrons.